The molecule has 24 heavy (non-hydrogen) atoms. The van der Waals surface area contributed by atoms with E-state index >= 15 is 0 Å². The number of rotatable bonds is 6. The van der Waals surface area contributed by atoms with Crippen LogP contribution in [-0.2, 0) is 19.6 Å². The van der Waals surface area contributed by atoms with Gasteiger partial charge in [0, 0.05) is 38.0 Å². The van der Waals surface area contributed by atoms with E-state index in [2.05, 4.69) is 4.74 Å². The van der Waals surface area contributed by atoms with Gasteiger partial charge >= 0.3 is 5.97 Å². The number of ether oxygens (including phenoxy) is 1. The molecule has 1 aromatic rings. The Morgan fingerprint density at radius 3 is 2.50 bits per heavy atom. The third-order valence-corrected chi connectivity index (χ3v) is 7.24. The molecule has 9 heteroatoms. The van der Waals surface area contributed by atoms with E-state index in [1.54, 1.807) is 4.90 Å². The molecule has 0 aromatic carbocycles. The SMILES string of the molecule is CCCCC(=O)N1CCN(S(=O)(=O)c2cc(C(=O)OC)cs2)CC1. The number of esters is 1. The highest BCUT2D eigenvalue weighted by Gasteiger charge is 2.31. The third kappa shape index (κ3) is 4.14. The van der Waals surface area contributed by atoms with Crippen molar-refractivity contribution in [2.45, 2.75) is 30.4 Å². The van der Waals surface area contributed by atoms with Gasteiger partial charge in [0.25, 0.3) is 10.0 Å². The van der Waals surface area contributed by atoms with Gasteiger partial charge in [-0.1, -0.05) is 13.3 Å². The van der Waals surface area contributed by atoms with E-state index in [1.807, 2.05) is 6.92 Å². The smallest absolute Gasteiger partial charge is 0.338 e. The lowest BCUT2D eigenvalue weighted by Gasteiger charge is -2.33. The van der Waals surface area contributed by atoms with Gasteiger partial charge in [0.15, 0.2) is 0 Å². The highest BCUT2D eigenvalue weighted by molar-refractivity contribution is 7.91. The third-order valence-electron chi connectivity index (χ3n) is 3.93. The summed E-state index contributed by atoms with van der Waals surface area (Å²) in [5.41, 5.74) is 0.231. The number of hydrogen-bond acceptors (Lipinski definition) is 6. The Labute approximate surface area is 146 Å². The second-order valence-electron chi connectivity index (χ2n) is 5.53. The molecule has 0 radical (unpaired) electrons. The molecule has 1 fully saturated rings. The van der Waals surface area contributed by atoms with Crippen molar-refractivity contribution in [3.8, 4) is 0 Å². The fraction of sp³-hybridized carbons (Fsp3) is 0.600. The van der Waals surface area contributed by atoms with Crippen molar-refractivity contribution in [2.24, 2.45) is 0 Å². The number of sulfonamides is 1. The number of unbranched alkanes of at least 4 members (excludes halogenated alkanes) is 1. The summed E-state index contributed by atoms with van der Waals surface area (Å²) >= 11 is 1.00. The fourth-order valence-electron chi connectivity index (χ4n) is 2.47. The van der Waals surface area contributed by atoms with Crippen molar-refractivity contribution in [1.29, 1.82) is 0 Å². The van der Waals surface area contributed by atoms with Crippen molar-refractivity contribution in [1.82, 2.24) is 9.21 Å². The largest absolute Gasteiger partial charge is 0.465 e. The van der Waals surface area contributed by atoms with E-state index in [-0.39, 0.29) is 28.8 Å². The van der Waals surface area contributed by atoms with Crippen molar-refractivity contribution in [3.63, 3.8) is 0 Å². The van der Waals surface area contributed by atoms with Crippen LogP contribution in [0.1, 0.15) is 36.5 Å². The maximum Gasteiger partial charge on any atom is 0.338 e. The summed E-state index contributed by atoms with van der Waals surface area (Å²) in [6, 6.07) is 1.34. The molecule has 1 amide bonds. The number of carbonyl (C=O) groups excluding carboxylic acids is 2. The molecule has 1 aromatic heterocycles. The monoisotopic (exact) mass is 374 g/mol. The molecular formula is C15H22N2O5S2. The lowest BCUT2D eigenvalue weighted by atomic mass is 10.2. The Morgan fingerprint density at radius 2 is 1.92 bits per heavy atom. The van der Waals surface area contributed by atoms with Crippen LogP contribution in [-0.4, -0.2) is 62.8 Å². The highest BCUT2D eigenvalue weighted by atomic mass is 32.2. The standard InChI is InChI=1S/C15H22N2O5S2/c1-3-4-5-13(18)16-6-8-17(9-7-16)24(20,21)14-10-12(11-23-14)15(19)22-2/h10-11H,3-9H2,1-2H3. The molecule has 0 spiro atoms. The molecule has 1 aliphatic rings. The zero-order chi connectivity index (χ0) is 17.7. The van der Waals surface area contributed by atoms with E-state index in [0.717, 1.165) is 24.2 Å². The maximum atomic E-state index is 12.6. The van der Waals surface area contributed by atoms with Gasteiger partial charge in [0.05, 0.1) is 12.7 Å². The van der Waals surface area contributed by atoms with Crippen LogP contribution in [0.3, 0.4) is 0 Å². The van der Waals surface area contributed by atoms with Crippen LogP contribution in [0, 0.1) is 0 Å². The molecule has 1 aliphatic heterocycles. The molecule has 2 rings (SSSR count). The number of amides is 1. The molecule has 2 heterocycles. The number of hydrogen-bond donors (Lipinski definition) is 0. The van der Waals surface area contributed by atoms with E-state index in [1.165, 1.54) is 22.9 Å². The van der Waals surface area contributed by atoms with Crippen LogP contribution in [0.2, 0.25) is 0 Å². The van der Waals surface area contributed by atoms with Crippen molar-refractivity contribution in [2.75, 3.05) is 33.3 Å². The summed E-state index contributed by atoms with van der Waals surface area (Å²) in [5, 5.41) is 1.48. The molecular weight excluding hydrogens is 352 g/mol. The van der Waals surface area contributed by atoms with Gasteiger partial charge in [-0.25, -0.2) is 13.2 Å². The predicted molar refractivity (Wildman–Crippen MR) is 90.5 cm³/mol. The first kappa shape index (κ1) is 18.9. The molecule has 1 saturated heterocycles. The Morgan fingerprint density at radius 1 is 1.25 bits per heavy atom. The fourth-order valence-corrected chi connectivity index (χ4v) is 5.19. The van der Waals surface area contributed by atoms with E-state index in [9.17, 15) is 18.0 Å². The summed E-state index contributed by atoms with van der Waals surface area (Å²) < 4.78 is 31.4. The van der Waals surface area contributed by atoms with Crippen LogP contribution >= 0.6 is 11.3 Å². The minimum atomic E-state index is -3.64. The highest BCUT2D eigenvalue weighted by Crippen LogP contribution is 2.25. The Hall–Kier alpha value is -1.45. The summed E-state index contributed by atoms with van der Waals surface area (Å²) in [6.45, 7) is 3.37. The number of methoxy groups -OCH3 is 1. The van der Waals surface area contributed by atoms with Gasteiger partial charge < -0.3 is 9.64 Å². The van der Waals surface area contributed by atoms with Gasteiger partial charge in [-0.05, 0) is 12.5 Å². The number of thiophene rings is 1. The van der Waals surface area contributed by atoms with Crippen LogP contribution in [0.5, 0.6) is 0 Å². The average molecular weight is 374 g/mol. The molecule has 134 valence electrons. The van der Waals surface area contributed by atoms with Crippen LogP contribution < -0.4 is 0 Å². The molecule has 0 atom stereocenters. The first-order chi connectivity index (χ1) is 11.4. The average Bonchev–Trinajstić information content (AvgIpc) is 3.10. The van der Waals surface area contributed by atoms with Gasteiger partial charge in [-0.3, -0.25) is 4.79 Å². The topological polar surface area (TPSA) is 84.0 Å². The summed E-state index contributed by atoms with van der Waals surface area (Å²) in [5.74, 6) is -0.475. The van der Waals surface area contributed by atoms with Crippen molar-refractivity contribution in [3.05, 3.63) is 17.0 Å². The van der Waals surface area contributed by atoms with Gasteiger partial charge in [-0.15, -0.1) is 11.3 Å². The summed E-state index contributed by atoms with van der Waals surface area (Å²) in [4.78, 5) is 25.2. The van der Waals surface area contributed by atoms with Crippen molar-refractivity contribution >= 4 is 33.2 Å². The lowest BCUT2D eigenvalue weighted by molar-refractivity contribution is -0.132. The second kappa shape index (κ2) is 8.09. The van der Waals surface area contributed by atoms with Gasteiger partial charge in [-0.2, -0.15) is 4.31 Å². The molecule has 0 N–H and O–H groups in total. The number of nitrogens with zero attached hydrogens (tertiary/aromatic N) is 2. The van der Waals surface area contributed by atoms with Gasteiger partial charge in [0.1, 0.15) is 4.21 Å². The molecule has 0 bridgehead atoms. The Bertz CT molecular complexity index is 690. The van der Waals surface area contributed by atoms with E-state index in [4.69, 9.17) is 0 Å². The summed E-state index contributed by atoms with van der Waals surface area (Å²) in [6.07, 6.45) is 2.32. The van der Waals surface area contributed by atoms with Crippen LogP contribution in [0.4, 0.5) is 0 Å². The predicted octanol–water partition coefficient (Wildman–Crippen LogP) is 1.56. The maximum absolute atomic E-state index is 12.6. The van der Waals surface area contributed by atoms with Crippen LogP contribution in [0.15, 0.2) is 15.7 Å². The molecule has 0 aliphatic carbocycles. The minimum Gasteiger partial charge on any atom is -0.465 e. The zero-order valence-electron chi connectivity index (χ0n) is 13.9. The molecule has 0 saturated carbocycles. The second-order valence-corrected chi connectivity index (χ2v) is 8.61. The number of piperazine rings is 1. The molecule has 0 unspecified atom stereocenters. The zero-order valence-corrected chi connectivity index (χ0v) is 15.5. The Kier molecular flexibility index (Phi) is 6.36. The first-order valence-electron chi connectivity index (χ1n) is 7.85. The first-order valence-corrected chi connectivity index (χ1v) is 10.2. The normalized spacial score (nSPS) is 16.2. The van der Waals surface area contributed by atoms with E-state index < -0.39 is 16.0 Å². The van der Waals surface area contributed by atoms with E-state index in [0.29, 0.717) is 19.5 Å². The van der Waals surface area contributed by atoms with Crippen LogP contribution in [0.25, 0.3) is 0 Å². The minimum absolute atomic E-state index is 0.0815. The Balaban J connectivity index is 2.01. The van der Waals surface area contributed by atoms with Crippen molar-refractivity contribution < 1.29 is 22.7 Å². The quantitative estimate of drug-likeness (QED) is 0.706. The number of carbonyl (C=O) groups is 2. The van der Waals surface area contributed by atoms with Gasteiger partial charge in [0.2, 0.25) is 5.91 Å². The summed E-state index contributed by atoms with van der Waals surface area (Å²) in [7, 11) is -2.39. The molecule has 7 nitrogen and oxygen atoms in total. The lowest BCUT2D eigenvalue weighted by Crippen LogP contribution is -2.50.